The summed E-state index contributed by atoms with van der Waals surface area (Å²) in [4.78, 5) is 15.4. The topological polar surface area (TPSA) is 20.3 Å². The molecule has 152 valence electrons. The maximum atomic E-state index is 13.4. The van der Waals surface area contributed by atoms with Crippen LogP contribution in [0.1, 0.15) is 16.7 Å². The van der Waals surface area contributed by atoms with Crippen LogP contribution in [-0.4, -0.2) is 24.3 Å². The minimum Gasteiger partial charge on any atom is -0.298 e. The van der Waals surface area contributed by atoms with Crippen LogP contribution in [0, 0.1) is 0 Å². The number of allylic oxidation sites excluding steroid dienone is 1. The Morgan fingerprint density at radius 2 is 1.57 bits per heavy atom. The average molecular weight is 436 g/mol. The Labute approximate surface area is 188 Å². The van der Waals surface area contributed by atoms with Crippen LogP contribution in [0.5, 0.6) is 0 Å². The highest BCUT2D eigenvalue weighted by atomic mass is 35.5. The molecular formula is C26H23Cl2NO. The number of halogens is 2. The van der Waals surface area contributed by atoms with Crippen molar-refractivity contribution in [3.8, 4) is 0 Å². The third kappa shape index (κ3) is 5.93. The van der Waals surface area contributed by atoms with E-state index in [9.17, 15) is 4.79 Å². The summed E-state index contributed by atoms with van der Waals surface area (Å²) >= 11 is 12.4. The van der Waals surface area contributed by atoms with E-state index in [0.29, 0.717) is 33.3 Å². The van der Waals surface area contributed by atoms with Gasteiger partial charge in [-0.15, -0.1) is 0 Å². The highest BCUT2D eigenvalue weighted by Gasteiger charge is 2.19. The standard InChI is InChI=1S/C26H23Cl2NO/c1-19(17-29(2)18-21-8-4-3-5-9-21)26(30)24(23-10-6-7-11-25(23)28)16-20-12-14-22(27)15-13-20/h3-16H,1,17-18H2,2H3/b24-16+. The minimum absolute atomic E-state index is 0.127. The fraction of sp³-hybridized carbons (Fsp3) is 0.115. The number of rotatable bonds is 8. The molecule has 4 heteroatoms. The van der Waals surface area contributed by atoms with Crippen LogP contribution in [0.3, 0.4) is 0 Å². The smallest absolute Gasteiger partial charge is 0.190 e. The Bertz CT molecular complexity index is 1060. The molecule has 0 fully saturated rings. The average Bonchev–Trinajstić information content (AvgIpc) is 2.74. The highest BCUT2D eigenvalue weighted by Crippen LogP contribution is 2.28. The van der Waals surface area contributed by atoms with Gasteiger partial charge in [0, 0.05) is 39.8 Å². The third-order valence-electron chi connectivity index (χ3n) is 4.67. The molecule has 0 heterocycles. The lowest BCUT2D eigenvalue weighted by atomic mass is 9.95. The molecule has 2 nitrogen and oxygen atoms in total. The minimum atomic E-state index is -0.127. The summed E-state index contributed by atoms with van der Waals surface area (Å²) in [5.74, 6) is -0.127. The van der Waals surface area contributed by atoms with Gasteiger partial charge in [-0.3, -0.25) is 9.69 Å². The summed E-state index contributed by atoms with van der Waals surface area (Å²) in [5, 5.41) is 1.17. The normalized spacial score (nSPS) is 11.5. The van der Waals surface area contributed by atoms with Crippen LogP contribution in [-0.2, 0) is 11.3 Å². The molecule has 3 aromatic rings. The number of Topliss-reactive ketones (excluding diaryl/α,β-unsaturated/α-hetero) is 1. The fourth-order valence-electron chi connectivity index (χ4n) is 3.21. The quantitative estimate of drug-likeness (QED) is 0.286. The van der Waals surface area contributed by atoms with Gasteiger partial charge in [-0.05, 0) is 42.4 Å². The molecule has 0 bridgehead atoms. The first kappa shape index (κ1) is 22.0. The first-order valence-corrected chi connectivity index (χ1v) is 10.4. The number of carbonyl (C=O) groups is 1. The summed E-state index contributed by atoms with van der Waals surface area (Å²) in [6.07, 6.45) is 1.84. The molecule has 3 rings (SSSR count). The zero-order valence-electron chi connectivity index (χ0n) is 16.8. The molecule has 0 aliphatic rings. The zero-order chi connectivity index (χ0) is 21.5. The molecule has 0 saturated heterocycles. The van der Waals surface area contributed by atoms with E-state index in [1.54, 1.807) is 18.2 Å². The lowest BCUT2D eigenvalue weighted by Crippen LogP contribution is -2.23. The molecule has 0 N–H and O–H groups in total. The van der Waals surface area contributed by atoms with Crippen LogP contribution < -0.4 is 0 Å². The summed E-state index contributed by atoms with van der Waals surface area (Å²) < 4.78 is 0. The van der Waals surface area contributed by atoms with Gasteiger partial charge >= 0.3 is 0 Å². The first-order chi connectivity index (χ1) is 14.4. The summed E-state index contributed by atoms with van der Waals surface area (Å²) in [7, 11) is 1.98. The van der Waals surface area contributed by atoms with Crippen molar-refractivity contribution >= 4 is 40.6 Å². The summed E-state index contributed by atoms with van der Waals surface area (Å²) in [5.41, 5.74) is 3.76. The molecule has 0 aromatic heterocycles. The highest BCUT2D eigenvalue weighted by molar-refractivity contribution is 6.38. The van der Waals surface area contributed by atoms with E-state index < -0.39 is 0 Å². The number of carbonyl (C=O) groups excluding carboxylic acids is 1. The molecule has 0 saturated carbocycles. The van der Waals surface area contributed by atoms with Gasteiger partial charge in [0.25, 0.3) is 0 Å². The van der Waals surface area contributed by atoms with Crippen molar-refractivity contribution in [2.45, 2.75) is 6.54 Å². The van der Waals surface area contributed by atoms with Crippen molar-refractivity contribution in [1.29, 1.82) is 0 Å². The number of hydrogen-bond donors (Lipinski definition) is 0. The van der Waals surface area contributed by atoms with Gasteiger partial charge in [0.2, 0.25) is 0 Å². The van der Waals surface area contributed by atoms with Crippen molar-refractivity contribution in [2.24, 2.45) is 0 Å². The molecule has 0 amide bonds. The van der Waals surface area contributed by atoms with Crippen LogP contribution in [0.15, 0.2) is 91.0 Å². The predicted octanol–water partition coefficient (Wildman–Crippen LogP) is 6.79. The third-order valence-corrected chi connectivity index (χ3v) is 5.25. The summed E-state index contributed by atoms with van der Waals surface area (Å²) in [6.45, 7) is 5.26. The molecule has 0 aliphatic carbocycles. The van der Waals surface area contributed by atoms with E-state index in [4.69, 9.17) is 23.2 Å². The second-order valence-electron chi connectivity index (χ2n) is 7.18. The molecular weight excluding hydrogens is 413 g/mol. The van der Waals surface area contributed by atoms with E-state index in [0.717, 1.165) is 12.1 Å². The van der Waals surface area contributed by atoms with Crippen LogP contribution in [0.25, 0.3) is 11.6 Å². The Morgan fingerprint density at radius 1 is 0.933 bits per heavy atom. The predicted molar refractivity (Wildman–Crippen MR) is 128 cm³/mol. The van der Waals surface area contributed by atoms with Gasteiger partial charge in [0.15, 0.2) is 5.78 Å². The van der Waals surface area contributed by atoms with E-state index in [1.807, 2.05) is 61.7 Å². The molecule has 0 aliphatic heterocycles. The van der Waals surface area contributed by atoms with Crippen molar-refractivity contribution in [3.05, 3.63) is 118 Å². The van der Waals surface area contributed by atoms with Crippen LogP contribution in [0.2, 0.25) is 10.0 Å². The molecule has 0 unspecified atom stereocenters. The molecule has 30 heavy (non-hydrogen) atoms. The van der Waals surface area contributed by atoms with Crippen molar-refractivity contribution < 1.29 is 4.79 Å². The van der Waals surface area contributed by atoms with E-state index in [-0.39, 0.29) is 5.78 Å². The number of benzene rings is 3. The second kappa shape index (κ2) is 10.4. The van der Waals surface area contributed by atoms with Gasteiger partial charge in [0.05, 0.1) is 0 Å². The lowest BCUT2D eigenvalue weighted by molar-refractivity contribution is -0.110. The number of ketones is 1. The van der Waals surface area contributed by atoms with Gasteiger partial charge in [-0.25, -0.2) is 0 Å². The zero-order valence-corrected chi connectivity index (χ0v) is 18.3. The Balaban J connectivity index is 1.85. The van der Waals surface area contributed by atoms with Gasteiger partial charge < -0.3 is 0 Å². The van der Waals surface area contributed by atoms with Gasteiger partial charge in [-0.1, -0.05) is 90.4 Å². The van der Waals surface area contributed by atoms with E-state index >= 15 is 0 Å². The Kier molecular flexibility index (Phi) is 7.64. The number of nitrogens with zero attached hydrogens (tertiary/aromatic N) is 1. The van der Waals surface area contributed by atoms with Gasteiger partial charge in [-0.2, -0.15) is 0 Å². The number of likely N-dealkylation sites (N-methyl/N-ethyl adjacent to an activating group) is 1. The van der Waals surface area contributed by atoms with Crippen LogP contribution >= 0.6 is 23.2 Å². The molecule has 0 radical (unpaired) electrons. The van der Waals surface area contributed by atoms with E-state index in [1.165, 1.54) is 5.56 Å². The molecule has 3 aromatic carbocycles. The van der Waals surface area contributed by atoms with Gasteiger partial charge in [0.1, 0.15) is 0 Å². The molecule has 0 spiro atoms. The Hall–Kier alpha value is -2.65. The maximum absolute atomic E-state index is 13.4. The Morgan fingerprint density at radius 3 is 2.23 bits per heavy atom. The van der Waals surface area contributed by atoms with Crippen LogP contribution in [0.4, 0.5) is 0 Å². The van der Waals surface area contributed by atoms with Crippen molar-refractivity contribution in [1.82, 2.24) is 4.90 Å². The van der Waals surface area contributed by atoms with E-state index in [2.05, 4.69) is 23.6 Å². The number of hydrogen-bond acceptors (Lipinski definition) is 2. The monoisotopic (exact) mass is 435 g/mol. The fourth-order valence-corrected chi connectivity index (χ4v) is 3.57. The maximum Gasteiger partial charge on any atom is 0.190 e. The first-order valence-electron chi connectivity index (χ1n) is 9.61. The van der Waals surface area contributed by atoms with Crippen molar-refractivity contribution in [3.63, 3.8) is 0 Å². The SMILES string of the molecule is C=C(CN(C)Cc1ccccc1)C(=O)/C(=C/c1ccc(Cl)cc1)c1ccccc1Cl. The molecule has 0 atom stereocenters. The van der Waals surface area contributed by atoms with Crippen molar-refractivity contribution in [2.75, 3.05) is 13.6 Å². The second-order valence-corrected chi connectivity index (χ2v) is 8.02. The lowest BCUT2D eigenvalue weighted by Gasteiger charge is -2.19. The largest absolute Gasteiger partial charge is 0.298 e. The summed E-state index contributed by atoms with van der Waals surface area (Å²) in [6, 6.07) is 24.8.